The maximum absolute atomic E-state index is 10.2. The third-order valence-corrected chi connectivity index (χ3v) is 5.29. The van der Waals surface area contributed by atoms with E-state index in [1.54, 1.807) is 0 Å². The molecule has 1 N–H and O–H groups in total. The Kier molecular flexibility index (Phi) is 8.91. The van der Waals surface area contributed by atoms with Gasteiger partial charge in [0, 0.05) is 5.56 Å². The van der Waals surface area contributed by atoms with Gasteiger partial charge < -0.3 is 9.84 Å². The van der Waals surface area contributed by atoms with Crippen LogP contribution in [0.25, 0.3) is 0 Å². The largest absolute Gasteiger partial charge is 0.494 e. The minimum atomic E-state index is -0.506. The first kappa shape index (κ1) is 19.9. The zero-order valence-corrected chi connectivity index (χ0v) is 16.0. The van der Waals surface area contributed by atoms with Crippen LogP contribution in [0.3, 0.4) is 0 Å². The second kappa shape index (κ2) is 11.2. The van der Waals surface area contributed by atoms with Gasteiger partial charge in [-0.1, -0.05) is 70.1 Å². The summed E-state index contributed by atoms with van der Waals surface area (Å²) in [6.45, 7) is 4.92. The van der Waals surface area contributed by atoms with E-state index in [1.165, 1.54) is 51.4 Å². The molecule has 1 fully saturated rings. The highest BCUT2D eigenvalue weighted by Crippen LogP contribution is 2.34. The molecule has 2 rings (SSSR count). The summed E-state index contributed by atoms with van der Waals surface area (Å²) in [5.74, 6) is 8.54. The normalized spacial score (nSPS) is 21.2. The molecule has 25 heavy (non-hydrogen) atoms. The molecule has 2 nitrogen and oxygen atoms in total. The number of benzene rings is 1. The average Bonchev–Trinajstić information content (AvgIpc) is 2.63. The van der Waals surface area contributed by atoms with Crippen LogP contribution in [0.4, 0.5) is 0 Å². The number of aliphatic hydroxyl groups is 1. The lowest BCUT2D eigenvalue weighted by molar-refractivity contribution is 0.161. The Balaban J connectivity index is 1.71. The molecule has 2 heteroatoms. The van der Waals surface area contributed by atoms with Gasteiger partial charge in [0.1, 0.15) is 11.9 Å². The summed E-state index contributed by atoms with van der Waals surface area (Å²) in [6.07, 6.45) is 11.0. The van der Waals surface area contributed by atoms with Gasteiger partial charge in [-0.25, -0.2) is 0 Å². The van der Waals surface area contributed by atoms with Crippen LogP contribution >= 0.6 is 0 Å². The van der Waals surface area contributed by atoms with E-state index in [-0.39, 0.29) is 0 Å². The Bertz CT molecular complexity index is 529. The Labute approximate surface area is 154 Å². The predicted molar refractivity (Wildman–Crippen MR) is 105 cm³/mol. The number of hydrogen-bond acceptors (Lipinski definition) is 2. The molecule has 0 radical (unpaired) electrons. The number of ether oxygens (including phenoxy) is 1. The van der Waals surface area contributed by atoms with Crippen LogP contribution in [0.2, 0.25) is 0 Å². The zero-order chi connectivity index (χ0) is 17.9. The van der Waals surface area contributed by atoms with Gasteiger partial charge in [0.15, 0.2) is 0 Å². The maximum atomic E-state index is 10.2. The van der Waals surface area contributed by atoms with Gasteiger partial charge in [0.05, 0.1) is 6.61 Å². The van der Waals surface area contributed by atoms with Gasteiger partial charge in [-0.15, -0.1) is 0 Å². The first-order valence-corrected chi connectivity index (χ1v) is 10.1. The van der Waals surface area contributed by atoms with Crippen molar-refractivity contribution in [3.8, 4) is 17.6 Å². The van der Waals surface area contributed by atoms with Crippen molar-refractivity contribution in [2.45, 2.75) is 77.7 Å². The summed E-state index contributed by atoms with van der Waals surface area (Å²) in [5.41, 5.74) is 0.933. The highest BCUT2D eigenvalue weighted by molar-refractivity contribution is 5.38. The number of unbranched alkanes of at least 4 members (excludes halogenated alkanes) is 2. The SMILES string of the molecule is CCCCCC1CCC(CC(O)C#Cc2ccc(OCC)cc2)CC1. The van der Waals surface area contributed by atoms with Crippen LogP contribution in [0.5, 0.6) is 5.75 Å². The quantitative estimate of drug-likeness (QED) is 0.494. The van der Waals surface area contributed by atoms with Crippen molar-refractivity contribution in [1.82, 2.24) is 0 Å². The fourth-order valence-electron chi connectivity index (χ4n) is 3.78. The third kappa shape index (κ3) is 7.53. The van der Waals surface area contributed by atoms with Gasteiger partial charge in [0.25, 0.3) is 0 Å². The van der Waals surface area contributed by atoms with Crippen LogP contribution in [-0.4, -0.2) is 17.8 Å². The Morgan fingerprint density at radius 1 is 1.04 bits per heavy atom. The van der Waals surface area contributed by atoms with Crippen LogP contribution in [0, 0.1) is 23.7 Å². The topological polar surface area (TPSA) is 29.5 Å². The van der Waals surface area contributed by atoms with Crippen LogP contribution in [0.15, 0.2) is 24.3 Å². The molecule has 138 valence electrons. The van der Waals surface area contributed by atoms with Crippen molar-refractivity contribution in [1.29, 1.82) is 0 Å². The zero-order valence-electron chi connectivity index (χ0n) is 16.0. The third-order valence-electron chi connectivity index (χ3n) is 5.29. The van der Waals surface area contributed by atoms with E-state index < -0.39 is 6.10 Å². The summed E-state index contributed by atoms with van der Waals surface area (Å²) >= 11 is 0. The molecule has 0 aromatic heterocycles. The van der Waals surface area contributed by atoms with Crippen molar-refractivity contribution in [2.24, 2.45) is 11.8 Å². The molecule has 0 saturated heterocycles. The molecule has 0 bridgehead atoms. The number of rotatable bonds is 8. The highest BCUT2D eigenvalue weighted by Gasteiger charge is 2.22. The molecule has 1 aliphatic carbocycles. The van der Waals surface area contributed by atoms with Crippen LogP contribution in [0.1, 0.15) is 77.2 Å². The van der Waals surface area contributed by atoms with Gasteiger partial charge in [0.2, 0.25) is 0 Å². The average molecular weight is 343 g/mol. The molecule has 1 aromatic rings. The van der Waals surface area contributed by atoms with Gasteiger partial charge in [-0.05, 0) is 49.4 Å². The minimum Gasteiger partial charge on any atom is -0.494 e. The summed E-state index contributed by atoms with van der Waals surface area (Å²) in [7, 11) is 0. The predicted octanol–water partition coefficient (Wildman–Crippen LogP) is 5.57. The molecule has 1 saturated carbocycles. The Morgan fingerprint density at radius 2 is 1.72 bits per heavy atom. The molecular weight excluding hydrogens is 308 g/mol. The maximum Gasteiger partial charge on any atom is 0.119 e. The second-order valence-electron chi connectivity index (χ2n) is 7.36. The molecule has 1 aliphatic rings. The number of hydrogen-bond donors (Lipinski definition) is 1. The molecule has 1 unspecified atom stereocenters. The summed E-state index contributed by atoms with van der Waals surface area (Å²) in [6, 6.07) is 7.76. The monoisotopic (exact) mass is 342 g/mol. The smallest absolute Gasteiger partial charge is 0.119 e. The lowest BCUT2D eigenvalue weighted by Gasteiger charge is -2.29. The standard InChI is InChI=1S/C23H34O2/c1-3-5-6-7-19-8-10-21(11-9-19)18-22(24)15-12-20-13-16-23(17-14-20)25-4-2/h13-14,16-17,19,21-22,24H,3-11,18H2,1-2H3. The van der Waals surface area contributed by atoms with E-state index in [0.29, 0.717) is 12.5 Å². The van der Waals surface area contributed by atoms with Crippen molar-refractivity contribution in [3.05, 3.63) is 29.8 Å². The van der Waals surface area contributed by atoms with E-state index in [4.69, 9.17) is 4.74 Å². The molecule has 1 aromatic carbocycles. The van der Waals surface area contributed by atoms with Crippen molar-refractivity contribution in [2.75, 3.05) is 6.61 Å². The molecule has 0 amide bonds. The summed E-state index contributed by atoms with van der Waals surface area (Å²) in [4.78, 5) is 0. The van der Waals surface area contributed by atoms with Crippen molar-refractivity contribution < 1.29 is 9.84 Å². The highest BCUT2D eigenvalue weighted by atomic mass is 16.5. The van der Waals surface area contributed by atoms with E-state index in [0.717, 1.165) is 23.7 Å². The van der Waals surface area contributed by atoms with E-state index in [1.807, 2.05) is 31.2 Å². The van der Waals surface area contributed by atoms with E-state index in [9.17, 15) is 5.11 Å². The Hall–Kier alpha value is -1.46. The van der Waals surface area contributed by atoms with Crippen molar-refractivity contribution in [3.63, 3.8) is 0 Å². The molecular formula is C23H34O2. The lowest BCUT2D eigenvalue weighted by atomic mass is 9.78. The fourth-order valence-corrected chi connectivity index (χ4v) is 3.78. The van der Waals surface area contributed by atoms with E-state index >= 15 is 0 Å². The van der Waals surface area contributed by atoms with Crippen LogP contribution < -0.4 is 4.74 Å². The first-order chi connectivity index (χ1) is 12.2. The van der Waals surface area contributed by atoms with E-state index in [2.05, 4.69) is 18.8 Å². The van der Waals surface area contributed by atoms with Crippen molar-refractivity contribution >= 4 is 0 Å². The first-order valence-electron chi connectivity index (χ1n) is 10.1. The minimum absolute atomic E-state index is 0.506. The molecule has 0 heterocycles. The van der Waals surface area contributed by atoms with Gasteiger partial charge in [-0.3, -0.25) is 0 Å². The van der Waals surface area contributed by atoms with Crippen LogP contribution in [-0.2, 0) is 0 Å². The molecule has 0 spiro atoms. The summed E-state index contributed by atoms with van der Waals surface area (Å²) in [5, 5.41) is 10.2. The second-order valence-corrected chi connectivity index (χ2v) is 7.36. The lowest BCUT2D eigenvalue weighted by Crippen LogP contribution is -2.19. The Morgan fingerprint density at radius 3 is 2.36 bits per heavy atom. The molecule has 0 aliphatic heterocycles. The molecule has 1 atom stereocenters. The summed E-state index contributed by atoms with van der Waals surface area (Å²) < 4.78 is 5.43. The van der Waals surface area contributed by atoms with Gasteiger partial charge in [-0.2, -0.15) is 0 Å². The fraction of sp³-hybridized carbons (Fsp3) is 0.652. The van der Waals surface area contributed by atoms with Gasteiger partial charge >= 0.3 is 0 Å². The number of aliphatic hydroxyl groups excluding tert-OH is 1.